The molecule has 0 aromatic rings. The van der Waals surface area contributed by atoms with Crippen molar-refractivity contribution in [3.63, 3.8) is 0 Å². The van der Waals surface area contributed by atoms with Gasteiger partial charge in [0, 0.05) is 18.6 Å². The third kappa shape index (κ3) is 2.95. The van der Waals surface area contributed by atoms with Crippen LogP contribution in [-0.4, -0.2) is 61.0 Å². The zero-order chi connectivity index (χ0) is 12.3. The van der Waals surface area contributed by atoms with Crippen molar-refractivity contribution in [1.29, 1.82) is 0 Å². The molecule has 1 unspecified atom stereocenters. The molecule has 1 atom stereocenters. The van der Waals surface area contributed by atoms with Crippen LogP contribution in [0.2, 0.25) is 0 Å². The van der Waals surface area contributed by atoms with Crippen LogP contribution in [0, 0.1) is 0 Å². The molecule has 0 aromatic heterocycles. The van der Waals surface area contributed by atoms with Crippen LogP contribution in [0.25, 0.3) is 0 Å². The highest BCUT2D eigenvalue weighted by Gasteiger charge is 2.37. The molecule has 0 radical (unpaired) electrons. The fourth-order valence-electron chi connectivity index (χ4n) is 2.18. The SMILES string of the molecule is CNCCC1C(=O)N(C(C)(C)C)CCN1C. The van der Waals surface area contributed by atoms with E-state index in [4.69, 9.17) is 0 Å². The van der Waals surface area contributed by atoms with Gasteiger partial charge < -0.3 is 10.2 Å². The van der Waals surface area contributed by atoms with Crippen molar-refractivity contribution in [3.05, 3.63) is 0 Å². The number of nitrogens with one attached hydrogen (secondary N) is 1. The summed E-state index contributed by atoms with van der Waals surface area (Å²) in [6.07, 6.45) is 0.887. The van der Waals surface area contributed by atoms with Gasteiger partial charge in [-0.1, -0.05) is 0 Å². The smallest absolute Gasteiger partial charge is 0.240 e. The molecular weight excluding hydrogens is 202 g/mol. The number of nitrogens with zero attached hydrogens (tertiary/aromatic N) is 2. The summed E-state index contributed by atoms with van der Waals surface area (Å²) in [7, 11) is 3.97. The quantitative estimate of drug-likeness (QED) is 0.764. The molecule has 1 saturated heterocycles. The van der Waals surface area contributed by atoms with Crippen molar-refractivity contribution in [2.24, 2.45) is 0 Å². The summed E-state index contributed by atoms with van der Waals surface area (Å²) in [5.74, 6) is 0.275. The Hall–Kier alpha value is -0.610. The van der Waals surface area contributed by atoms with E-state index in [2.05, 4.69) is 31.0 Å². The minimum Gasteiger partial charge on any atom is -0.335 e. The molecule has 0 spiro atoms. The normalized spacial score (nSPS) is 23.9. The largest absolute Gasteiger partial charge is 0.335 e. The number of carbonyl (C=O) groups excluding carboxylic acids is 1. The Morgan fingerprint density at radius 2 is 2.00 bits per heavy atom. The second-order valence-corrected chi connectivity index (χ2v) is 5.55. The molecule has 4 heteroatoms. The highest BCUT2D eigenvalue weighted by atomic mass is 16.2. The summed E-state index contributed by atoms with van der Waals surface area (Å²) >= 11 is 0. The Balaban J connectivity index is 2.71. The topological polar surface area (TPSA) is 35.6 Å². The number of carbonyl (C=O) groups is 1. The van der Waals surface area contributed by atoms with Gasteiger partial charge >= 0.3 is 0 Å². The molecule has 1 heterocycles. The van der Waals surface area contributed by atoms with Crippen molar-refractivity contribution >= 4 is 5.91 Å². The maximum absolute atomic E-state index is 12.3. The summed E-state index contributed by atoms with van der Waals surface area (Å²) in [5.41, 5.74) is -0.0593. The lowest BCUT2D eigenvalue weighted by molar-refractivity contribution is -0.146. The van der Waals surface area contributed by atoms with Gasteiger partial charge in [0.2, 0.25) is 5.91 Å². The molecule has 0 bridgehead atoms. The number of hydrogen-bond donors (Lipinski definition) is 1. The molecule has 1 fully saturated rings. The third-order valence-corrected chi connectivity index (χ3v) is 3.24. The van der Waals surface area contributed by atoms with E-state index in [-0.39, 0.29) is 17.5 Å². The molecule has 4 nitrogen and oxygen atoms in total. The van der Waals surface area contributed by atoms with Gasteiger partial charge in [0.05, 0.1) is 6.04 Å². The van der Waals surface area contributed by atoms with E-state index in [1.807, 2.05) is 19.0 Å². The van der Waals surface area contributed by atoms with Gasteiger partial charge in [0.25, 0.3) is 0 Å². The fourth-order valence-corrected chi connectivity index (χ4v) is 2.18. The molecule has 0 aliphatic carbocycles. The van der Waals surface area contributed by atoms with E-state index in [1.54, 1.807) is 0 Å². The lowest BCUT2D eigenvalue weighted by Gasteiger charge is -2.45. The summed E-state index contributed by atoms with van der Waals surface area (Å²) in [6.45, 7) is 9.01. The average molecular weight is 227 g/mol. The van der Waals surface area contributed by atoms with E-state index in [1.165, 1.54) is 0 Å². The van der Waals surface area contributed by atoms with Crippen LogP contribution in [0.4, 0.5) is 0 Å². The summed E-state index contributed by atoms with van der Waals surface area (Å²) in [5, 5.41) is 3.11. The maximum Gasteiger partial charge on any atom is 0.240 e. The molecule has 0 saturated carbocycles. The summed E-state index contributed by atoms with van der Waals surface area (Å²) in [6, 6.07) is 0.0421. The summed E-state index contributed by atoms with van der Waals surface area (Å²) < 4.78 is 0. The maximum atomic E-state index is 12.3. The molecule has 1 N–H and O–H groups in total. The molecule has 1 amide bonds. The highest BCUT2D eigenvalue weighted by molar-refractivity contribution is 5.83. The molecule has 1 rings (SSSR count). The Labute approximate surface area is 99.0 Å². The average Bonchev–Trinajstić information content (AvgIpc) is 2.15. The highest BCUT2D eigenvalue weighted by Crippen LogP contribution is 2.21. The van der Waals surface area contributed by atoms with Gasteiger partial charge in [-0.25, -0.2) is 0 Å². The number of likely N-dealkylation sites (N-methyl/N-ethyl adjacent to an activating group) is 1. The molecule has 1 aliphatic rings. The third-order valence-electron chi connectivity index (χ3n) is 3.24. The van der Waals surface area contributed by atoms with E-state index in [0.717, 1.165) is 26.1 Å². The van der Waals surface area contributed by atoms with Gasteiger partial charge in [-0.2, -0.15) is 0 Å². The van der Waals surface area contributed by atoms with Crippen LogP contribution in [0.15, 0.2) is 0 Å². The second kappa shape index (κ2) is 5.15. The van der Waals surface area contributed by atoms with Gasteiger partial charge in [-0.3, -0.25) is 9.69 Å². The minimum atomic E-state index is -0.0593. The molecule has 1 aliphatic heterocycles. The van der Waals surface area contributed by atoms with E-state index in [9.17, 15) is 4.79 Å². The first kappa shape index (κ1) is 13.5. The van der Waals surface area contributed by atoms with Crippen molar-refractivity contribution in [2.75, 3.05) is 33.7 Å². The van der Waals surface area contributed by atoms with Crippen LogP contribution in [0.1, 0.15) is 27.2 Å². The van der Waals surface area contributed by atoms with Gasteiger partial charge in [-0.15, -0.1) is 0 Å². The van der Waals surface area contributed by atoms with Crippen LogP contribution >= 0.6 is 0 Å². The fraction of sp³-hybridized carbons (Fsp3) is 0.917. The number of hydrogen-bond acceptors (Lipinski definition) is 3. The van der Waals surface area contributed by atoms with E-state index in [0.29, 0.717) is 0 Å². The Kier molecular flexibility index (Phi) is 4.33. The monoisotopic (exact) mass is 227 g/mol. The van der Waals surface area contributed by atoms with Crippen molar-refractivity contribution in [3.8, 4) is 0 Å². The predicted octanol–water partition coefficient (Wildman–Crippen LogP) is 0.537. The lowest BCUT2D eigenvalue weighted by Crippen LogP contribution is -2.61. The van der Waals surface area contributed by atoms with Crippen LogP contribution in [-0.2, 0) is 4.79 Å². The van der Waals surface area contributed by atoms with Crippen LogP contribution in [0.3, 0.4) is 0 Å². The Morgan fingerprint density at radius 1 is 1.38 bits per heavy atom. The molecule has 0 aromatic carbocycles. The second-order valence-electron chi connectivity index (χ2n) is 5.55. The van der Waals surface area contributed by atoms with Crippen molar-refractivity contribution < 1.29 is 4.79 Å². The predicted molar refractivity (Wildman–Crippen MR) is 66.4 cm³/mol. The number of amides is 1. The zero-order valence-corrected chi connectivity index (χ0v) is 11.2. The van der Waals surface area contributed by atoms with E-state index < -0.39 is 0 Å². The van der Waals surface area contributed by atoms with Crippen LogP contribution in [0.5, 0.6) is 0 Å². The standard InChI is InChI=1S/C12H25N3O/c1-12(2,3)15-9-8-14(5)10(11(15)16)6-7-13-4/h10,13H,6-9H2,1-5H3. The summed E-state index contributed by atoms with van der Waals surface area (Å²) in [4.78, 5) is 16.5. The van der Waals surface area contributed by atoms with Crippen molar-refractivity contribution in [2.45, 2.75) is 38.8 Å². The molecule has 16 heavy (non-hydrogen) atoms. The molecule has 94 valence electrons. The Morgan fingerprint density at radius 3 is 2.50 bits per heavy atom. The Bertz CT molecular complexity index is 247. The van der Waals surface area contributed by atoms with Crippen molar-refractivity contribution in [1.82, 2.24) is 15.1 Å². The van der Waals surface area contributed by atoms with E-state index >= 15 is 0 Å². The first-order valence-corrected chi connectivity index (χ1v) is 6.04. The first-order chi connectivity index (χ1) is 7.38. The molecular formula is C12H25N3O. The number of rotatable bonds is 3. The van der Waals surface area contributed by atoms with Gasteiger partial charge in [-0.05, 0) is 47.8 Å². The number of piperazine rings is 1. The lowest BCUT2D eigenvalue weighted by atomic mass is 10.00. The zero-order valence-electron chi connectivity index (χ0n) is 11.2. The van der Waals surface area contributed by atoms with Gasteiger partial charge in [0.1, 0.15) is 0 Å². The first-order valence-electron chi connectivity index (χ1n) is 6.04. The van der Waals surface area contributed by atoms with Gasteiger partial charge in [0.15, 0.2) is 0 Å². The minimum absolute atomic E-state index is 0.0421. The van der Waals surface area contributed by atoms with Crippen LogP contribution < -0.4 is 5.32 Å².